The van der Waals surface area contributed by atoms with Crippen LogP contribution in [0.5, 0.6) is 11.5 Å². The molecule has 0 unspecified atom stereocenters. The summed E-state index contributed by atoms with van der Waals surface area (Å²) in [6, 6.07) is 12.9. The van der Waals surface area contributed by atoms with E-state index in [0.717, 1.165) is 0 Å². The van der Waals surface area contributed by atoms with Gasteiger partial charge < -0.3 is 14.8 Å². The van der Waals surface area contributed by atoms with Gasteiger partial charge in [0.15, 0.2) is 11.5 Å². The number of hydrogen-bond acceptors (Lipinski definition) is 6. The van der Waals surface area contributed by atoms with Crippen molar-refractivity contribution in [3.63, 3.8) is 0 Å². The number of fused-ring (bicyclic) bond motifs is 1. The van der Waals surface area contributed by atoms with Gasteiger partial charge in [0.1, 0.15) is 24.9 Å². The van der Waals surface area contributed by atoms with Crippen LogP contribution < -0.4 is 14.8 Å². The Hall–Kier alpha value is -4.12. The number of nitrogens with one attached hydrogen (secondary N) is 1. The second-order valence-corrected chi connectivity index (χ2v) is 5.68. The van der Waals surface area contributed by atoms with E-state index in [1.807, 2.05) is 6.07 Å². The third kappa shape index (κ3) is 4.34. The number of carbonyl (C=O) groups is 1. The molecule has 8 heteroatoms. The average Bonchev–Trinajstić information content (AvgIpc) is 2.71. The fourth-order valence-corrected chi connectivity index (χ4v) is 2.53. The number of allylic oxidation sites excluding steroid dienone is 2. The van der Waals surface area contributed by atoms with Gasteiger partial charge in [0.25, 0.3) is 11.6 Å². The Balaban J connectivity index is 1.73. The van der Waals surface area contributed by atoms with Crippen LogP contribution in [0.4, 0.5) is 11.4 Å². The first-order chi connectivity index (χ1) is 13.6. The van der Waals surface area contributed by atoms with Crippen molar-refractivity contribution < 1.29 is 19.2 Å². The highest BCUT2D eigenvalue weighted by Gasteiger charge is 2.14. The minimum Gasteiger partial charge on any atom is -0.486 e. The molecule has 0 saturated heterocycles. The fraction of sp³-hybridized carbons (Fsp3) is 0.100. The van der Waals surface area contributed by atoms with Crippen LogP contribution in [0.3, 0.4) is 0 Å². The van der Waals surface area contributed by atoms with Crippen molar-refractivity contribution in [3.8, 4) is 17.6 Å². The van der Waals surface area contributed by atoms with Crippen LogP contribution in [0.1, 0.15) is 5.56 Å². The Morgan fingerprint density at radius 3 is 2.68 bits per heavy atom. The lowest BCUT2D eigenvalue weighted by Crippen LogP contribution is -2.17. The predicted octanol–water partition coefficient (Wildman–Crippen LogP) is 3.47. The Bertz CT molecular complexity index is 1020. The molecule has 0 atom stereocenters. The van der Waals surface area contributed by atoms with Gasteiger partial charge in [0.05, 0.1) is 10.5 Å². The number of anilines is 1. The number of nitrogens with zero attached hydrogens (tertiary/aromatic N) is 2. The Labute approximate surface area is 160 Å². The van der Waals surface area contributed by atoms with Gasteiger partial charge in [0, 0.05) is 17.8 Å². The highest BCUT2D eigenvalue weighted by molar-refractivity contribution is 6.07. The van der Waals surface area contributed by atoms with E-state index >= 15 is 0 Å². The number of carbonyl (C=O) groups excluding carboxylic acids is 1. The first kappa shape index (κ1) is 18.7. The summed E-state index contributed by atoms with van der Waals surface area (Å²) >= 11 is 0. The molecule has 1 amide bonds. The molecule has 0 radical (unpaired) electrons. The number of amides is 1. The molecule has 28 heavy (non-hydrogen) atoms. The molecule has 0 aliphatic carbocycles. The van der Waals surface area contributed by atoms with Gasteiger partial charge in [-0.25, -0.2) is 0 Å². The summed E-state index contributed by atoms with van der Waals surface area (Å²) in [4.78, 5) is 22.8. The van der Waals surface area contributed by atoms with Crippen molar-refractivity contribution in [2.75, 3.05) is 18.5 Å². The van der Waals surface area contributed by atoms with Gasteiger partial charge in [-0.3, -0.25) is 14.9 Å². The molecule has 0 bridgehead atoms. The number of nitriles is 1. The zero-order valence-corrected chi connectivity index (χ0v) is 14.6. The summed E-state index contributed by atoms with van der Waals surface area (Å²) in [6.07, 6.45) is 4.18. The normalized spacial score (nSPS) is 13.0. The summed E-state index contributed by atoms with van der Waals surface area (Å²) in [6.45, 7) is 0.885. The smallest absolute Gasteiger partial charge is 0.276 e. The molecule has 1 aliphatic rings. The van der Waals surface area contributed by atoms with Gasteiger partial charge in [-0.05, 0) is 30.4 Å². The molecule has 0 spiro atoms. The highest BCUT2D eigenvalue weighted by Crippen LogP contribution is 2.32. The van der Waals surface area contributed by atoms with Crippen LogP contribution in [-0.2, 0) is 4.79 Å². The molecule has 3 rings (SSSR count). The molecule has 0 saturated carbocycles. The Kier molecular flexibility index (Phi) is 5.67. The van der Waals surface area contributed by atoms with Crippen molar-refractivity contribution >= 4 is 23.4 Å². The highest BCUT2D eigenvalue weighted by atomic mass is 16.6. The molecule has 1 heterocycles. The summed E-state index contributed by atoms with van der Waals surface area (Å²) < 4.78 is 10.9. The van der Waals surface area contributed by atoms with Crippen LogP contribution >= 0.6 is 0 Å². The maximum atomic E-state index is 12.3. The van der Waals surface area contributed by atoms with E-state index < -0.39 is 10.8 Å². The lowest BCUT2D eigenvalue weighted by Gasteiger charge is -2.18. The topological polar surface area (TPSA) is 114 Å². The standard InChI is InChI=1S/C20H15N3O5/c21-13-15(6-3-5-14-4-1-2-7-17(14)23(25)26)20(24)22-16-8-9-18-19(12-16)28-11-10-27-18/h1-9,12H,10-11H2,(H,22,24). The Morgan fingerprint density at radius 2 is 1.93 bits per heavy atom. The molecule has 1 N–H and O–H groups in total. The van der Waals surface area contributed by atoms with E-state index in [1.165, 1.54) is 24.3 Å². The van der Waals surface area contributed by atoms with Crippen LogP contribution in [0.2, 0.25) is 0 Å². The van der Waals surface area contributed by atoms with E-state index in [2.05, 4.69) is 5.32 Å². The fourth-order valence-electron chi connectivity index (χ4n) is 2.53. The predicted molar refractivity (Wildman–Crippen MR) is 102 cm³/mol. The third-order valence-corrected chi connectivity index (χ3v) is 3.84. The molecular formula is C20H15N3O5. The van der Waals surface area contributed by atoms with Crippen LogP contribution in [-0.4, -0.2) is 24.0 Å². The zero-order valence-electron chi connectivity index (χ0n) is 14.6. The number of ether oxygens (including phenoxy) is 2. The van der Waals surface area contributed by atoms with Gasteiger partial charge >= 0.3 is 0 Å². The molecule has 2 aromatic rings. The van der Waals surface area contributed by atoms with E-state index in [-0.39, 0.29) is 11.3 Å². The number of nitro groups is 1. The first-order valence-corrected chi connectivity index (χ1v) is 8.31. The maximum Gasteiger partial charge on any atom is 0.276 e. The van der Waals surface area contributed by atoms with Gasteiger partial charge in [-0.1, -0.05) is 18.2 Å². The summed E-state index contributed by atoms with van der Waals surface area (Å²) in [5, 5.41) is 22.9. The molecular weight excluding hydrogens is 362 g/mol. The largest absolute Gasteiger partial charge is 0.486 e. The maximum absolute atomic E-state index is 12.3. The monoisotopic (exact) mass is 377 g/mol. The second kappa shape index (κ2) is 8.51. The SMILES string of the molecule is N#CC(=CC=Cc1ccccc1[N+](=O)[O-])C(=O)Nc1ccc2c(c1)OCCO2. The van der Waals surface area contributed by atoms with Crippen LogP contribution in [0, 0.1) is 21.4 Å². The van der Waals surface area contributed by atoms with Crippen molar-refractivity contribution in [3.05, 3.63) is 75.9 Å². The van der Waals surface area contributed by atoms with E-state index in [0.29, 0.717) is 36.0 Å². The minimum atomic E-state index is -0.605. The number of nitro benzene ring substituents is 1. The van der Waals surface area contributed by atoms with Gasteiger partial charge in [-0.2, -0.15) is 5.26 Å². The summed E-state index contributed by atoms with van der Waals surface area (Å²) in [5.74, 6) is 0.502. The van der Waals surface area contributed by atoms with Crippen molar-refractivity contribution in [1.82, 2.24) is 0 Å². The second-order valence-electron chi connectivity index (χ2n) is 5.68. The van der Waals surface area contributed by atoms with Crippen molar-refractivity contribution in [2.45, 2.75) is 0 Å². The van der Waals surface area contributed by atoms with Gasteiger partial charge in [0.2, 0.25) is 0 Å². The molecule has 2 aromatic carbocycles. The summed E-state index contributed by atoms with van der Waals surface area (Å²) in [5.41, 5.74) is 0.613. The van der Waals surface area contributed by atoms with E-state index in [9.17, 15) is 20.2 Å². The molecule has 0 aromatic heterocycles. The number of hydrogen-bond donors (Lipinski definition) is 1. The van der Waals surface area contributed by atoms with Crippen LogP contribution in [0.25, 0.3) is 6.08 Å². The van der Waals surface area contributed by atoms with Crippen LogP contribution in [0.15, 0.2) is 60.2 Å². The number of rotatable bonds is 5. The molecule has 140 valence electrons. The first-order valence-electron chi connectivity index (χ1n) is 8.31. The average molecular weight is 377 g/mol. The van der Waals surface area contributed by atoms with E-state index in [1.54, 1.807) is 36.4 Å². The number of benzene rings is 2. The quantitative estimate of drug-likeness (QED) is 0.280. The molecule has 0 fully saturated rings. The molecule has 1 aliphatic heterocycles. The van der Waals surface area contributed by atoms with Crippen molar-refractivity contribution in [1.29, 1.82) is 5.26 Å². The lowest BCUT2D eigenvalue weighted by atomic mass is 10.1. The lowest BCUT2D eigenvalue weighted by molar-refractivity contribution is -0.385. The molecule has 8 nitrogen and oxygen atoms in total. The Morgan fingerprint density at radius 1 is 1.18 bits per heavy atom. The van der Waals surface area contributed by atoms with E-state index in [4.69, 9.17) is 9.47 Å². The third-order valence-electron chi connectivity index (χ3n) is 3.84. The zero-order chi connectivity index (χ0) is 19.9. The number of para-hydroxylation sites is 1. The van der Waals surface area contributed by atoms with Crippen molar-refractivity contribution in [2.24, 2.45) is 0 Å². The van der Waals surface area contributed by atoms with Gasteiger partial charge in [-0.15, -0.1) is 0 Å². The minimum absolute atomic E-state index is 0.0635. The summed E-state index contributed by atoms with van der Waals surface area (Å²) in [7, 11) is 0.